The highest BCUT2D eigenvalue weighted by Crippen LogP contribution is 2.22. The Bertz CT molecular complexity index is 744. The Morgan fingerprint density at radius 2 is 1.79 bits per heavy atom. The molecule has 0 saturated carbocycles. The zero-order valence-electron chi connectivity index (χ0n) is 17.1. The number of aliphatic imine (C=N–C) groups is 1. The summed E-state index contributed by atoms with van der Waals surface area (Å²) in [5.41, 5.74) is 1.78. The molecule has 0 bridgehead atoms. The van der Waals surface area contributed by atoms with Crippen LogP contribution in [0.4, 0.5) is 0 Å². The summed E-state index contributed by atoms with van der Waals surface area (Å²) in [7, 11) is 9.44. The van der Waals surface area contributed by atoms with Gasteiger partial charge in [-0.2, -0.15) is 0 Å². The first kappa shape index (κ1) is 24.4. The number of thiophene rings is 1. The largest absolute Gasteiger partial charge is 0.354 e. The molecule has 0 aliphatic rings. The standard InChI is InChI=1S/C20H29N5OS.HI/c1-21-20(23-14-17(24(2)3)18-7-6-12-27-18)22-13-15-8-10-16(11-9-15)19(26)25(4)5;/h6-12,17H,13-14H2,1-5H3,(H2,21,22,23);1H. The van der Waals surface area contributed by atoms with Gasteiger partial charge in [0.05, 0.1) is 6.04 Å². The van der Waals surface area contributed by atoms with Crippen molar-refractivity contribution in [2.45, 2.75) is 12.6 Å². The van der Waals surface area contributed by atoms with Crippen molar-refractivity contribution in [1.29, 1.82) is 0 Å². The highest BCUT2D eigenvalue weighted by atomic mass is 127. The highest BCUT2D eigenvalue weighted by Gasteiger charge is 2.15. The number of benzene rings is 1. The lowest BCUT2D eigenvalue weighted by Crippen LogP contribution is -2.41. The van der Waals surface area contributed by atoms with Crippen LogP contribution in [0.15, 0.2) is 46.8 Å². The molecule has 1 aromatic heterocycles. The number of halogens is 1. The van der Waals surface area contributed by atoms with Gasteiger partial charge in [-0.1, -0.05) is 18.2 Å². The van der Waals surface area contributed by atoms with Crippen LogP contribution in [0.1, 0.15) is 26.8 Å². The number of hydrogen-bond donors (Lipinski definition) is 2. The number of likely N-dealkylation sites (N-methyl/N-ethyl adjacent to an activating group) is 1. The van der Waals surface area contributed by atoms with E-state index in [-0.39, 0.29) is 29.9 Å². The van der Waals surface area contributed by atoms with Crippen molar-refractivity contribution in [3.8, 4) is 0 Å². The minimum Gasteiger partial charge on any atom is -0.354 e. The summed E-state index contributed by atoms with van der Waals surface area (Å²) in [6.45, 7) is 1.41. The molecular weight excluding hydrogens is 485 g/mol. The van der Waals surface area contributed by atoms with Gasteiger partial charge in [0.25, 0.3) is 5.91 Å². The van der Waals surface area contributed by atoms with Gasteiger partial charge in [0, 0.05) is 44.7 Å². The van der Waals surface area contributed by atoms with Crippen molar-refractivity contribution >= 4 is 47.2 Å². The first-order valence-electron chi connectivity index (χ1n) is 8.87. The Hall–Kier alpha value is -1.65. The van der Waals surface area contributed by atoms with E-state index >= 15 is 0 Å². The quantitative estimate of drug-likeness (QED) is 0.338. The van der Waals surface area contributed by atoms with E-state index in [0.29, 0.717) is 18.2 Å². The summed E-state index contributed by atoms with van der Waals surface area (Å²) in [6, 6.07) is 12.2. The molecule has 1 aromatic carbocycles. The van der Waals surface area contributed by atoms with Crippen LogP contribution in [-0.2, 0) is 6.54 Å². The zero-order valence-corrected chi connectivity index (χ0v) is 20.2. The van der Waals surface area contributed by atoms with Crippen LogP contribution < -0.4 is 10.6 Å². The lowest BCUT2D eigenvalue weighted by Gasteiger charge is -2.24. The number of carbonyl (C=O) groups is 1. The summed E-state index contributed by atoms with van der Waals surface area (Å²) in [6.07, 6.45) is 0. The van der Waals surface area contributed by atoms with Crippen LogP contribution in [0, 0.1) is 0 Å². The number of carbonyl (C=O) groups excluding carboxylic acids is 1. The number of guanidine groups is 1. The molecule has 0 fully saturated rings. The number of amides is 1. The average Bonchev–Trinajstić information content (AvgIpc) is 3.18. The molecule has 2 aromatic rings. The molecule has 1 unspecified atom stereocenters. The van der Waals surface area contributed by atoms with Gasteiger partial charge in [0.1, 0.15) is 0 Å². The Morgan fingerprint density at radius 3 is 2.29 bits per heavy atom. The van der Waals surface area contributed by atoms with Crippen LogP contribution in [0.3, 0.4) is 0 Å². The van der Waals surface area contributed by atoms with Crippen LogP contribution in [0.2, 0.25) is 0 Å². The number of nitrogens with one attached hydrogen (secondary N) is 2. The lowest BCUT2D eigenvalue weighted by molar-refractivity contribution is 0.0827. The van der Waals surface area contributed by atoms with Crippen molar-refractivity contribution in [1.82, 2.24) is 20.4 Å². The van der Waals surface area contributed by atoms with E-state index in [2.05, 4.69) is 52.1 Å². The third kappa shape index (κ3) is 7.06. The Kier molecular flexibility index (Phi) is 10.5. The van der Waals surface area contributed by atoms with Gasteiger partial charge in [-0.05, 0) is 43.2 Å². The predicted octanol–water partition coefficient (Wildman–Crippen LogP) is 3.04. The lowest BCUT2D eigenvalue weighted by atomic mass is 10.1. The van der Waals surface area contributed by atoms with E-state index in [9.17, 15) is 4.79 Å². The maximum atomic E-state index is 11.9. The fourth-order valence-electron chi connectivity index (χ4n) is 2.64. The highest BCUT2D eigenvalue weighted by molar-refractivity contribution is 14.0. The summed E-state index contributed by atoms with van der Waals surface area (Å²) in [5, 5.41) is 8.82. The summed E-state index contributed by atoms with van der Waals surface area (Å²) in [5.74, 6) is 0.766. The SMILES string of the molecule is CN=C(NCc1ccc(C(=O)N(C)C)cc1)NCC(c1cccs1)N(C)C.I. The van der Waals surface area contributed by atoms with Gasteiger partial charge >= 0.3 is 0 Å². The molecule has 28 heavy (non-hydrogen) atoms. The second-order valence-corrected chi connectivity index (χ2v) is 7.68. The van der Waals surface area contributed by atoms with Crippen molar-refractivity contribution in [3.63, 3.8) is 0 Å². The van der Waals surface area contributed by atoms with E-state index in [1.165, 1.54) is 4.88 Å². The molecule has 0 aliphatic carbocycles. The van der Waals surface area contributed by atoms with E-state index < -0.39 is 0 Å². The average molecular weight is 515 g/mol. The second kappa shape index (κ2) is 12.0. The number of hydrogen-bond acceptors (Lipinski definition) is 4. The maximum Gasteiger partial charge on any atom is 0.253 e. The molecule has 0 radical (unpaired) electrons. The van der Waals surface area contributed by atoms with E-state index in [1.54, 1.807) is 37.4 Å². The Balaban J connectivity index is 0.00000392. The fraction of sp³-hybridized carbons (Fsp3) is 0.400. The number of nitrogens with zero attached hydrogens (tertiary/aromatic N) is 3. The van der Waals surface area contributed by atoms with Gasteiger partial charge in [0.15, 0.2) is 5.96 Å². The molecule has 0 saturated heterocycles. The molecule has 1 heterocycles. The molecule has 0 spiro atoms. The molecule has 1 amide bonds. The molecular formula is C20H30IN5OS. The van der Waals surface area contributed by atoms with Gasteiger partial charge in [0.2, 0.25) is 0 Å². The Morgan fingerprint density at radius 1 is 1.11 bits per heavy atom. The monoisotopic (exact) mass is 515 g/mol. The van der Waals surface area contributed by atoms with Crippen molar-refractivity contribution < 1.29 is 4.79 Å². The zero-order chi connectivity index (χ0) is 19.8. The molecule has 154 valence electrons. The third-order valence-electron chi connectivity index (χ3n) is 4.25. The topological polar surface area (TPSA) is 60.0 Å². The molecule has 0 aliphatic heterocycles. The molecule has 6 nitrogen and oxygen atoms in total. The maximum absolute atomic E-state index is 11.9. The normalized spacial score (nSPS) is 12.3. The fourth-order valence-corrected chi connectivity index (χ4v) is 3.56. The van der Waals surface area contributed by atoms with Crippen LogP contribution in [0.5, 0.6) is 0 Å². The Labute approximate surface area is 189 Å². The van der Waals surface area contributed by atoms with Gasteiger partial charge < -0.3 is 20.4 Å². The summed E-state index contributed by atoms with van der Waals surface area (Å²) in [4.78, 5) is 21.4. The molecule has 1 atom stereocenters. The molecule has 2 N–H and O–H groups in total. The van der Waals surface area contributed by atoms with Gasteiger partial charge in [-0.3, -0.25) is 9.79 Å². The minimum atomic E-state index is 0. The third-order valence-corrected chi connectivity index (χ3v) is 5.22. The van der Waals surface area contributed by atoms with Gasteiger partial charge in [-0.25, -0.2) is 0 Å². The van der Waals surface area contributed by atoms with Crippen LogP contribution in [-0.4, -0.2) is 63.4 Å². The molecule has 2 rings (SSSR count). The van der Waals surface area contributed by atoms with Crippen molar-refractivity contribution in [2.24, 2.45) is 4.99 Å². The summed E-state index contributed by atoms with van der Waals surface area (Å²) >= 11 is 1.76. The molecule has 8 heteroatoms. The van der Waals surface area contributed by atoms with Crippen LogP contribution >= 0.6 is 35.3 Å². The predicted molar refractivity (Wildman–Crippen MR) is 129 cm³/mol. The minimum absolute atomic E-state index is 0. The van der Waals surface area contributed by atoms with Crippen LogP contribution in [0.25, 0.3) is 0 Å². The van der Waals surface area contributed by atoms with Crippen molar-refractivity contribution in [2.75, 3.05) is 41.8 Å². The van der Waals surface area contributed by atoms with Gasteiger partial charge in [-0.15, -0.1) is 35.3 Å². The first-order chi connectivity index (χ1) is 12.9. The first-order valence-corrected chi connectivity index (χ1v) is 9.75. The van der Waals surface area contributed by atoms with E-state index in [4.69, 9.17) is 0 Å². The van der Waals surface area contributed by atoms with E-state index in [0.717, 1.165) is 18.1 Å². The number of rotatable bonds is 7. The summed E-state index contributed by atoms with van der Waals surface area (Å²) < 4.78 is 0. The van der Waals surface area contributed by atoms with E-state index in [1.807, 2.05) is 24.3 Å². The van der Waals surface area contributed by atoms with Crippen molar-refractivity contribution in [3.05, 3.63) is 57.8 Å². The smallest absolute Gasteiger partial charge is 0.253 e. The second-order valence-electron chi connectivity index (χ2n) is 6.70.